The molecular weight excluding hydrogens is 510 g/mol. The van der Waals surface area contributed by atoms with Crippen LogP contribution in [0.15, 0.2) is 132 Å². The van der Waals surface area contributed by atoms with Crippen molar-refractivity contribution in [1.82, 2.24) is 0 Å². The lowest BCUT2D eigenvalue weighted by molar-refractivity contribution is 0.668. The minimum absolute atomic E-state index is 0.819. The normalized spacial score (nSPS) is 12.8. The summed E-state index contributed by atoms with van der Waals surface area (Å²) < 4.78 is 6.31. The number of anilines is 1. The molecule has 0 fully saturated rings. The van der Waals surface area contributed by atoms with Crippen LogP contribution in [0, 0.1) is 0 Å². The number of hydrogen-bond donors (Lipinski definition) is 0. The predicted octanol–water partition coefficient (Wildman–Crippen LogP) is 9.94. The molecule has 7 aromatic rings. The van der Waals surface area contributed by atoms with Gasteiger partial charge in [-0.05, 0) is 86.7 Å². The van der Waals surface area contributed by atoms with Crippen molar-refractivity contribution in [2.24, 2.45) is 0 Å². The Morgan fingerprint density at radius 1 is 0.476 bits per heavy atom. The summed E-state index contributed by atoms with van der Waals surface area (Å²) in [4.78, 5) is 2.54. The van der Waals surface area contributed by atoms with E-state index in [-0.39, 0.29) is 0 Å². The largest absolute Gasteiger partial charge is 0.456 e. The smallest absolute Gasteiger partial charge is 0.137 e. The zero-order valence-electron chi connectivity index (χ0n) is 23.3. The Morgan fingerprint density at radius 2 is 1.02 bits per heavy atom. The van der Waals surface area contributed by atoms with Gasteiger partial charge < -0.3 is 9.32 Å². The Morgan fingerprint density at radius 3 is 1.69 bits per heavy atom. The maximum Gasteiger partial charge on any atom is 0.137 e. The van der Waals surface area contributed by atoms with Crippen LogP contribution in [0.25, 0.3) is 44.2 Å². The molecule has 0 N–H and O–H groups in total. The van der Waals surface area contributed by atoms with Gasteiger partial charge in [0.1, 0.15) is 11.2 Å². The zero-order chi connectivity index (χ0) is 27.6. The molecule has 42 heavy (non-hydrogen) atoms. The van der Waals surface area contributed by atoms with Gasteiger partial charge in [0.2, 0.25) is 0 Å². The third-order valence-electron chi connectivity index (χ3n) is 9.18. The Kier molecular flexibility index (Phi) is 5.18. The summed E-state index contributed by atoms with van der Waals surface area (Å²) >= 11 is 0. The van der Waals surface area contributed by atoms with Crippen LogP contribution in [0.1, 0.15) is 33.4 Å². The SMILES string of the molecule is c1ccc2c(c1)Cc1cc(CN(Cc3ccc4c(c3)Cc3ccccc3-4)c3cccc4oc5ccccc5c34)ccc1-2. The maximum atomic E-state index is 6.31. The molecule has 2 nitrogen and oxygen atoms in total. The number of furan rings is 1. The summed E-state index contributed by atoms with van der Waals surface area (Å²) in [7, 11) is 0. The fourth-order valence-electron chi connectivity index (χ4n) is 7.28. The van der Waals surface area contributed by atoms with Gasteiger partial charge in [0.25, 0.3) is 0 Å². The van der Waals surface area contributed by atoms with E-state index in [2.05, 4.69) is 126 Å². The molecule has 2 aliphatic rings. The van der Waals surface area contributed by atoms with Crippen molar-refractivity contribution in [3.8, 4) is 22.3 Å². The van der Waals surface area contributed by atoms with Crippen molar-refractivity contribution < 1.29 is 4.42 Å². The molecular formula is C40H29NO. The Labute approximate surface area is 245 Å². The van der Waals surface area contributed by atoms with E-state index in [4.69, 9.17) is 4.42 Å². The molecule has 1 aromatic heterocycles. The molecule has 0 spiro atoms. The van der Waals surface area contributed by atoms with Crippen LogP contribution in [0.4, 0.5) is 5.69 Å². The van der Waals surface area contributed by atoms with E-state index in [1.165, 1.54) is 72.1 Å². The standard InChI is InChI=1S/C40H29NO/c1-3-10-32-28(8-1)22-30-20-26(16-18-34(30)32)24-41(37-13-7-15-39-40(37)36-12-5-6-14-38(36)42-39)25-27-17-19-35-31(21-27)23-29-9-2-4-11-33(29)35/h1-21H,22-25H2. The first-order chi connectivity index (χ1) is 20.8. The molecule has 0 aliphatic heterocycles. The summed E-state index contributed by atoms with van der Waals surface area (Å²) in [5.41, 5.74) is 17.0. The molecule has 2 aliphatic carbocycles. The molecule has 1 heterocycles. The van der Waals surface area contributed by atoms with E-state index in [1.54, 1.807) is 0 Å². The third kappa shape index (κ3) is 3.72. The molecule has 0 atom stereocenters. The molecule has 2 heteroatoms. The van der Waals surface area contributed by atoms with Crippen LogP contribution in [0.3, 0.4) is 0 Å². The Balaban J connectivity index is 1.13. The lowest BCUT2D eigenvalue weighted by atomic mass is 10.0. The molecule has 6 aromatic carbocycles. The minimum Gasteiger partial charge on any atom is -0.456 e. The summed E-state index contributed by atoms with van der Waals surface area (Å²) in [6.45, 7) is 1.64. The molecule has 0 saturated heterocycles. The molecule has 0 unspecified atom stereocenters. The van der Waals surface area contributed by atoms with Crippen molar-refractivity contribution in [3.63, 3.8) is 0 Å². The second-order valence-electron chi connectivity index (χ2n) is 11.8. The highest BCUT2D eigenvalue weighted by molar-refractivity contribution is 6.11. The van der Waals surface area contributed by atoms with E-state index in [0.29, 0.717) is 0 Å². The summed E-state index contributed by atoms with van der Waals surface area (Å²) in [5.74, 6) is 0. The van der Waals surface area contributed by atoms with Crippen LogP contribution in [0.2, 0.25) is 0 Å². The predicted molar refractivity (Wildman–Crippen MR) is 173 cm³/mol. The van der Waals surface area contributed by atoms with Crippen molar-refractivity contribution in [1.29, 1.82) is 0 Å². The summed E-state index contributed by atoms with van der Waals surface area (Å²) in [5, 5.41) is 2.36. The second kappa shape index (κ2) is 9.22. The molecule has 0 bridgehead atoms. The monoisotopic (exact) mass is 539 g/mol. The minimum atomic E-state index is 0.819. The van der Waals surface area contributed by atoms with Gasteiger partial charge in [-0.1, -0.05) is 109 Å². The van der Waals surface area contributed by atoms with Gasteiger partial charge in [-0.3, -0.25) is 0 Å². The van der Waals surface area contributed by atoms with Crippen molar-refractivity contribution in [2.45, 2.75) is 25.9 Å². The van der Waals surface area contributed by atoms with Crippen LogP contribution in [0.5, 0.6) is 0 Å². The molecule has 9 rings (SSSR count). The lowest BCUT2D eigenvalue weighted by Gasteiger charge is -2.27. The van der Waals surface area contributed by atoms with Gasteiger partial charge in [-0.2, -0.15) is 0 Å². The summed E-state index contributed by atoms with van der Waals surface area (Å²) in [6, 6.07) is 46.7. The Bertz CT molecular complexity index is 2070. The van der Waals surface area contributed by atoms with Gasteiger partial charge >= 0.3 is 0 Å². The van der Waals surface area contributed by atoms with Crippen LogP contribution in [-0.2, 0) is 25.9 Å². The van der Waals surface area contributed by atoms with Crippen LogP contribution in [-0.4, -0.2) is 0 Å². The molecule has 200 valence electrons. The van der Waals surface area contributed by atoms with E-state index in [1.807, 2.05) is 6.07 Å². The fraction of sp³-hybridized carbons (Fsp3) is 0.100. The number of para-hydroxylation sites is 1. The van der Waals surface area contributed by atoms with E-state index in [0.717, 1.165) is 37.1 Å². The number of rotatable bonds is 5. The molecule has 0 radical (unpaired) electrons. The van der Waals surface area contributed by atoms with Gasteiger partial charge in [0, 0.05) is 24.2 Å². The zero-order valence-corrected chi connectivity index (χ0v) is 23.3. The number of hydrogen-bond acceptors (Lipinski definition) is 2. The van der Waals surface area contributed by atoms with E-state index in [9.17, 15) is 0 Å². The quantitative estimate of drug-likeness (QED) is 0.216. The Hall–Kier alpha value is -5.08. The lowest BCUT2D eigenvalue weighted by Crippen LogP contribution is -2.22. The first-order valence-corrected chi connectivity index (χ1v) is 14.8. The van der Waals surface area contributed by atoms with Gasteiger partial charge in [-0.15, -0.1) is 0 Å². The third-order valence-corrected chi connectivity index (χ3v) is 9.18. The van der Waals surface area contributed by atoms with Gasteiger partial charge in [0.15, 0.2) is 0 Å². The summed E-state index contributed by atoms with van der Waals surface area (Å²) in [6.07, 6.45) is 2.01. The maximum absolute atomic E-state index is 6.31. The average Bonchev–Trinajstić information content (AvgIpc) is 3.71. The second-order valence-corrected chi connectivity index (χ2v) is 11.8. The molecule has 0 saturated carbocycles. The van der Waals surface area contributed by atoms with Crippen molar-refractivity contribution in [3.05, 3.63) is 161 Å². The highest BCUT2D eigenvalue weighted by Crippen LogP contribution is 2.41. The number of nitrogens with zero attached hydrogens (tertiary/aromatic N) is 1. The topological polar surface area (TPSA) is 16.4 Å². The number of benzene rings is 6. The highest BCUT2D eigenvalue weighted by Gasteiger charge is 2.22. The van der Waals surface area contributed by atoms with Gasteiger partial charge in [-0.25, -0.2) is 0 Å². The van der Waals surface area contributed by atoms with Crippen LogP contribution < -0.4 is 4.90 Å². The average molecular weight is 540 g/mol. The highest BCUT2D eigenvalue weighted by atomic mass is 16.3. The fourth-order valence-corrected chi connectivity index (χ4v) is 7.28. The first-order valence-electron chi connectivity index (χ1n) is 14.8. The van der Waals surface area contributed by atoms with Crippen molar-refractivity contribution in [2.75, 3.05) is 4.90 Å². The molecule has 0 amide bonds. The van der Waals surface area contributed by atoms with Gasteiger partial charge in [0.05, 0.1) is 5.39 Å². The van der Waals surface area contributed by atoms with Crippen molar-refractivity contribution >= 4 is 27.6 Å². The first kappa shape index (κ1) is 23.6. The van der Waals surface area contributed by atoms with E-state index < -0.39 is 0 Å². The van der Waals surface area contributed by atoms with E-state index >= 15 is 0 Å². The van der Waals surface area contributed by atoms with Crippen LogP contribution >= 0.6 is 0 Å². The number of fused-ring (bicyclic) bond motifs is 9.